The zero-order chi connectivity index (χ0) is 22.9. The largest absolute Gasteiger partial charge is 0.387 e. The molecular formula is C22H22F2N6O2. The SMILES string of the molecule is CC[C@@H](O)c1cc(C)c(Nc2ncccc2-c2cc(NC(=O)[C@H]3CC3(F)F)ncn2)cn1. The highest BCUT2D eigenvalue weighted by Crippen LogP contribution is 2.49. The van der Waals surface area contributed by atoms with Gasteiger partial charge in [0.25, 0.3) is 5.92 Å². The second-order valence-corrected chi connectivity index (χ2v) is 7.67. The summed E-state index contributed by atoms with van der Waals surface area (Å²) in [5, 5.41) is 15.6. The Morgan fingerprint density at radius 2 is 2.06 bits per heavy atom. The van der Waals surface area contributed by atoms with Gasteiger partial charge in [0.15, 0.2) is 0 Å². The number of carbonyl (C=O) groups excluding carboxylic acids is 1. The van der Waals surface area contributed by atoms with Gasteiger partial charge in [0.2, 0.25) is 5.91 Å². The van der Waals surface area contributed by atoms with E-state index in [4.69, 9.17) is 0 Å². The highest BCUT2D eigenvalue weighted by molar-refractivity contribution is 5.95. The van der Waals surface area contributed by atoms with Crippen LogP contribution in [0, 0.1) is 12.8 Å². The molecule has 3 aromatic rings. The van der Waals surface area contributed by atoms with E-state index in [0.717, 1.165) is 5.56 Å². The van der Waals surface area contributed by atoms with E-state index in [9.17, 15) is 18.7 Å². The first-order valence-electron chi connectivity index (χ1n) is 10.2. The van der Waals surface area contributed by atoms with Gasteiger partial charge in [0, 0.05) is 24.2 Å². The number of amides is 1. The van der Waals surface area contributed by atoms with E-state index in [2.05, 4.69) is 30.6 Å². The Morgan fingerprint density at radius 1 is 1.28 bits per heavy atom. The van der Waals surface area contributed by atoms with E-state index in [-0.39, 0.29) is 5.82 Å². The van der Waals surface area contributed by atoms with Gasteiger partial charge in [0.1, 0.15) is 23.9 Å². The number of hydrogen-bond donors (Lipinski definition) is 3. The Morgan fingerprint density at radius 3 is 2.75 bits per heavy atom. The van der Waals surface area contributed by atoms with Crippen LogP contribution >= 0.6 is 0 Å². The van der Waals surface area contributed by atoms with Gasteiger partial charge in [-0.15, -0.1) is 0 Å². The van der Waals surface area contributed by atoms with Gasteiger partial charge in [-0.25, -0.2) is 23.7 Å². The molecule has 0 radical (unpaired) electrons. The highest BCUT2D eigenvalue weighted by Gasteiger charge is 2.61. The highest BCUT2D eigenvalue weighted by atomic mass is 19.3. The predicted octanol–water partition coefficient (Wildman–Crippen LogP) is 4.02. The van der Waals surface area contributed by atoms with Crippen molar-refractivity contribution in [3.63, 3.8) is 0 Å². The number of aryl methyl sites for hydroxylation is 1. The molecule has 0 aromatic carbocycles. The van der Waals surface area contributed by atoms with E-state index < -0.39 is 30.3 Å². The van der Waals surface area contributed by atoms with Crippen LogP contribution in [0.2, 0.25) is 0 Å². The third-order valence-corrected chi connectivity index (χ3v) is 5.26. The number of nitrogens with one attached hydrogen (secondary N) is 2. The van der Waals surface area contributed by atoms with E-state index in [1.54, 1.807) is 24.5 Å². The van der Waals surface area contributed by atoms with Crippen LogP contribution in [0.25, 0.3) is 11.3 Å². The molecule has 10 heteroatoms. The molecule has 0 unspecified atom stereocenters. The van der Waals surface area contributed by atoms with Crippen molar-refractivity contribution >= 4 is 23.2 Å². The average Bonchev–Trinajstić information content (AvgIpc) is 3.43. The molecule has 1 aliphatic carbocycles. The molecule has 32 heavy (non-hydrogen) atoms. The first kappa shape index (κ1) is 21.7. The molecule has 1 amide bonds. The summed E-state index contributed by atoms with van der Waals surface area (Å²) < 4.78 is 26.3. The number of rotatable bonds is 7. The van der Waals surface area contributed by atoms with Crippen molar-refractivity contribution in [2.45, 2.75) is 38.7 Å². The van der Waals surface area contributed by atoms with Crippen LogP contribution in [-0.2, 0) is 4.79 Å². The van der Waals surface area contributed by atoms with Crippen LogP contribution in [0.1, 0.15) is 37.1 Å². The summed E-state index contributed by atoms with van der Waals surface area (Å²) >= 11 is 0. The van der Waals surface area contributed by atoms with Gasteiger partial charge in [-0.3, -0.25) is 9.78 Å². The van der Waals surface area contributed by atoms with Gasteiger partial charge >= 0.3 is 0 Å². The molecule has 0 bridgehead atoms. The van der Waals surface area contributed by atoms with Gasteiger partial charge < -0.3 is 15.7 Å². The fraction of sp³-hybridized carbons (Fsp3) is 0.318. The van der Waals surface area contributed by atoms with Gasteiger partial charge in [0.05, 0.1) is 29.4 Å². The summed E-state index contributed by atoms with van der Waals surface area (Å²) in [5.41, 5.74) is 3.25. The second kappa shape index (κ2) is 8.54. The number of aliphatic hydroxyl groups is 1. The summed E-state index contributed by atoms with van der Waals surface area (Å²) in [6, 6.07) is 6.84. The molecular weight excluding hydrogens is 418 g/mol. The van der Waals surface area contributed by atoms with Crippen molar-refractivity contribution in [3.05, 3.63) is 54.2 Å². The number of aromatic nitrogens is 4. The Bertz CT molecular complexity index is 1160. The van der Waals surface area contributed by atoms with Crippen LogP contribution in [-0.4, -0.2) is 36.9 Å². The van der Waals surface area contributed by atoms with Crippen molar-refractivity contribution in [2.24, 2.45) is 5.92 Å². The average molecular weight is 440 g/mol. The third-order valence-electron chi connectivity index (χ3n) is 5.26. The van der Waals surface area contributed by atoms with Crippen molar-refractivity contribution in [2.75, 3.05) is 10.6 Å². The molecule has 4 rings (SSSR count). The minimum atomic E-state index is -2.95. The molecule has 2 atom stereocenters. The van der Waals surface area contributed by atoms with E-state index >= 15 is 0 Å². The minimum Gasteiger partial charge on any atom is -0.387 e. The molecule has 3 N–H and O–H groups in total. The molecule has 8 nitrogen and oxygen atoms in total. The van der Waals surface area contributed by atoms with Crippen LogP contribution in [0.4, 0.5) is 26.1 Å². The maximum atomic E-state index is 13.1. The maximum absolute atomic E-state index is 13.1. The predicted molar refractivity (Wildman–Crippen MR) is 114 cm³/mol. The Kier molecular flexibility index (Phi) is 5.79. The Hall–Kier alpha value is -3.53. The lowest BCUT2D eigenvalue weighted by Gasteiger charge is -2.14. The summed E-state index contributed by atoms with van der Waals surface area (Å²) in [6.07, 6.45) is 3.98. The number of halogens is 2. The molecule has 166 valence electrons. The van der Waals surface area contributed by atoms with Crippen molar-refractivity contribution in [1.29, 1.82) is 0 Å². The summed E-state index contributed by atoms with van der Waals surface area (Å²) in [7, 11) is 0. The Labute approximate surface area is 183 Å². The number of carbonyl (C=O) groups is 1. The standard InChI is InChI=1S/C22H22F2N6O2/c1-3-18(31)16-7-12(2)17(10-26-16)29-20-13(5-4-6-25-20)15-8-19(28-11-27-15)30-21(32)14-9-22(14,23)24/h4-8,10-11,14,18,31H,3,9H2,1-2H3,(H,25,29)(H,27,28,30,32)/t14-,18-/m1/s1. The zero-order valence-corrected chi connectivity index (χ0v) is 17.5. The molecule has 0 saturated heterocycles. The lowest BCUT2D eigenvalue weighted by Crippen LogP contribution is -2.18. The smallest absolute Gasteiger partial charge is 0.260 e. The summed E-state index contributed by atoms with van der Waals surface area (Å²) in [5.74, 6) is -4.41. The fourth-order valence-electron chi connectivity index (χ4n) is 3.22. The first-order valence-corrected chi connectivity index (χ1v) is 10.2. The number of anilines is 3. The number of pyridine rings is 2. The second-order valence-electron chi connectivity index (χ2n) is 7.67. The Balaban J connectivity index is 1.57. The molecule has 0 aliphatic heterocycles. The monoisotopic (exact) mass is 440 g/mol. The number of alkyl halides is 2. The van der Waals surface area contributed by atoms with E-state index in [1.807, 2.05) is 19.9 Å². The number of hydrogen-bond acceptors (Lipinski definition) is 7. The van der Waals surface area contributed by atoms with Gasteiger partial charge in [-0.2, -0.15) is 0 Å². The normalized spacial score (nSPS) is 17.5. The van der Waals surface area contributed by atoms with E-state index in [0.29, 0.717) is 34.9 Å². The molecule has 3 heterocycles. The third kappa shape index (κ3) is 4.54. The quantitative estimate of drug-likeness (QED) is 0.508. The zero-order valence-electron chi connectivity index (χ0n) is 17.5. The van der Waals surface area contributed by atoms with Crippen molar-refractivity contribution < 1.29 is 18.7 Å². The molecule has 1 saturated carbocycles. The molecule has 1 aliphatic rings. The molecule has 3 aromatic heterocycles. The van der Waals surface area contributed by atoms with Gasteiger partial charge in [-0.1, -0.05) is 6.92 Å². The van der Waals surface area contributed by atoms with Gasteiger partial charge in [-0.05, 0) is 37.1 Å². The maximum Gasteiger partial charge on any atom is 0.260 e. The lowest BCUT2D eigenvalue weighted by molar-refractivity contribution is -0.119. The van der Waals surface area contributed by atoms with Crippen molar-refractivity contribution in [1.82, 2.24) is 19.9 Å². The van der Waals surface area contributed by atoms with E-state index in [1.165, 1.54) is 12.4 Å². The van der Waals surface area contributed by atoms with Crippen LogP contribution in [0.3, 0.4) is 0 Å². The molecule has 1 fully saturated rings. The minimum absolute atomic E-state index is 0.133. The summed E-state index contributed by atoms with van der Waals surface area (Å²) in [4.78, 5) is 28.9. The molecule has 0 spiro atoms. The number of aliphatic hydroxyl groups excluding tert-OH is 1. The number of nitrogens with zero attached hydrogens (tertiary/aromatic N) is 4. The summed E-state index contributed by atoms with van der Waals surface area (Å²) in [6.45, 7) is 3.77. The first-order chi connectivity index (χ1) is 15.3. The fourth-order valence-corrected chi connectivity index (χ4v) is 3.22. The van der Waals surface area contributed by atoms with Crippen LogP contribution in [0.5, 0.6) is 0 Å². The van der Waals surface area contributed by atoms with Crippen LogP contribution < -0.4 is 10.6 Å². The topological polar surface area (TPSA) is 113 Å². The lowest BCUT2D eigenvalue weighted by atomic mass is 10.1. The van der Waals surface area contributed by atoms with Crippen LogP contribution in [0.15, 0.2) is 43.0 Å². The van der Waals surface area contributed by atoms with Crippen molar-refractivity contribution in [3.8, 4) is 11.3 Å².